The van der Waals surface area contributed by atoms with E-state index in [-0.39, 0.29) is 0 Å². The maximum Gasteiger partial charge on any atom is 0.0406 e. The highest BCUT2D eigenvalue weighted by Crippen LogP contribution is 2.19. The van der Waals surface area contributed by atoms with Gasteiger partial charge in [0.2, 0.25) is 0 Å². The molecule has 98 valence electrons. The van der Waals surface area contributed by atoms with Crippen molar-refractivity contribution in [2.45, 2.75) is 19.5 Å². The number of halogens is 1. The maximum absolute atomic E-state index is 5.88. The maximum atomic E-state index is 5.88. The fourth-order valence-electron chi connectivity index (χ4n) is 2.39. The van der Waals surface area contributed by atoms with Crippen molar-refractivity contribution in [1.29, 1.82) is 0 Å². The second kappa shape index (κ2) is 5.64. The van der Waals surface area contributed by atoms with Crippen molar-refractivity contribution in [3.8, 4) is 0 Å². The van der Waals surface area contributed by atoms with Gasteiger partial charge >= 0.3 is 0 Å². The largest absolute Gasteiger partial charge is 0.381 e. The zero-order chi connectivity index (χ0) is 13.1. The molecule has 2 aromatic carbocycles. The number of hydrogen-bond donors (Lipinski definition) is 2. The highest BCUT2D eigenvalue weighted by atomic mass is 35.5. The second-order valence-corrected chi connectivity index (χ2v) is 5.33. The highest BCUT2D eigenvalue weighted by molar-refractivity contribution is 6.30. The Bertz CT molecular complexity index is 563. The molecule has 0 fully saturated rings. The fourth-order valence-corrected chi connectivity index (χ4v) is 2.52. The predicted molar refractivity (Wildman–Crippen MR) is 80.6 cm³/mol. The van der Waals surface area contributed by atoms with Crippen LogP contribution in [-0.4, -0.2) is 6.54 Å². The summed E-state index contributed by atoms with van der Waals surface area (Å²) >= 11 is 5.88. The third kappa shape index (κ3) is 3.09. The summed E-state index contributed by atoms with van der Waals surface area (Å²) in [6, 6.07) is 14.6. The fraction of sp³-hybridized carbons (Fsp3) is 0.250. The van der Waals surface area contributed by atoms with Crippen molar-refractivity contribution >= 4 is 17.3 Å². The molecule has 0 radical (unpaired) electrons. The number of nitrogens with one attached hydrogen (secondary N) is 2. The first-order valence-electron chi connectivity index (χ1n) is 6.62. The van der Waals surface area contributed by atoms with Crippen LogP contribution in [0.15, 0.2) is 42.5 Å². The van der Waals surface area contributed by atoms with Crippen LogP contribution in [0.4, 0.5) is 5.69 Å². The zero-order valence-corrected chi connectivity index (χ0v) is 11.5. The summed E-state index contributed by atoms with van der Waals surface area (Å²) in [5, 5.41) is 7.64. The van der Waals surface area contributed by atoms with Crippen LogP contribution in [0.3, 0.4) is 0 Å². The summed E-state index contributed by atoms with van der Waals surface area (Å²) in [5.41, 5.74) is 5.31. The minimum atomic E-state index is 0.782. The molecular weight excluding hydrogens is 256 g/mol. The number of fused-ring (bicyclic) bond motifs is 1. The Morgan fingerprint density at radius 2 is 1.89 bits per heavy atom. The van der Waals surface area contributed by atoms with Crippen LogP contribution < -0.4 is 10.6 Å². The molecule has 1 aliphatic heterocycles. The van der Waals surface area contributed by atoms with E-state index in [1.807, 2.05) is 12.1 Å². The third-order valence-corrected chi connectivity index (χ3v) is 3.75. The lowest BCUT2D eigenvalue weighted by Gasteiger charge is -2.18. The van der Waals surface area contributed by atoms with Gasteiger partial charge in [0.15, 0.2) is 0 Å². The van der Waals surface area contributed by atoms with Crippen LogP contribution in [-0.2, 0) is 19.5 Å². The van der Waals surface area contributed by atoms with Gasteiger partial charge < -0.3 is 10.6 Å². The average Bonchev–Trinajstić information content (AvgIpc) is 2.46. The number of hydrogen-bond acceptors (Lipinski definition) is 2. The quantitative estimate of drug-likeness (QED) is 0.892. The highest BCUT2D eigenvalue weighted by Gasteiger charge is 2.08. The molecule has 0 atom stereocenters. The lowest BCUT2D eigenvalue weighted by molar-refractivity contribution is 0.644. The summed E-state index contributed by atoms with van der Waals surface area (Å²) in [6.45, 7) is 2.90. The third-order valence-electron chi connectivity index (χ3n) is 3.50. The van der Waals surface area contributed by atoms with Gasteiger partial charge in [0.25, 0.3) is 0 Å². The van der Waals surface area contributed by atoms with Crippen molar-refractivity contribution in [3.05, 3.63) is 64.2 Å². The van der Waals surface area contributed by atoms with Gasteiger partial charge in [0.05, 0.1) is 0 Å². The first-order valence-corrected chi connectivity index (χ1v) is 7.00. The van der Waals surface area contributed by atoms with Crippen LogP contribution in [0.2, 0.25) is 5.02 Å². The van der Waals surface area contributed by atoms with E-state index in [2.05, 4.69) is 41.0 Å². The Kier molecular flexibility index (Phi) is 3.72. The van der Waals surface area contributed by atoms with Crippen LogP contribution in [0.25, 0.3) is 0 Å². The molecule has 2 nitrogen and oxygen atoms in total. The van der Waals surface area contributed by atoms with Gasteiger partial charge in [-0.25, -0.2) is 0 Å². The smallest absolute Gasteiger partial charge is 0.0406 e. The van der Waals surface area contributed by atoms with Gasteiger partial charge in [-0.05, 0) is 53.9 Å². The molecular formula is C16H17ClN2. The van der Waals surface area contributed by atoms with Gasteiger partial charge in [-0.3, -0.25) is 0 Å². The lowest BCUT2D eigenvalue weighted by atomic mass is 10.0. The van der Waals surface area contributed by atoms with E-state index < -0.39 is 0 Å². The SMILES string of the molecule is Clc1ccc(CNc2ccc3c(c2)CCNC3)cc1. The Hall–Kier alpha value is -1.51. The van der Waals surface area contributed by atoms with E-state index in [1.165, 1.54) is 22.4 Å². The molecule has 0 saturated heterocycles. The Morgan fingerprint density at radius 3 is 2.74 bits per heavy atom. The van der Waals surface area contributed by atoms with Crippen molar-refractivity contribution in [2.24, 2.45) is 0 Å². The average molecular weight is 273 g/mol. The molecule has 0 bridgehead atoms. The van der Waals surface area contributed by atoms with Gasteiger partial charge in [-0.15, -0.1) is 0 Å². The molecule has 0 saturated carbocycles. The predicted octanol–water partition coefficient (Wildman–Crippen LogP) is 3.60. The van der Waals surface area contributed by atoms with Gasteiger partial charge in [-0.1, -0.05) is 29.8 Å². The first kappa shape index (κ1) is 12.5. The molecule has 0 unspecified atom stereocenters. The van der Waals surface area contributed by atoms with Gasteiger partial charge in [-0.2, -0.15) is 0 Å². The van der Waals surface area contributed by atoms with Crippen LogP contribution >= 0.6 is 11.6 Å². The molecule has 1 heterocycles. The van der Waals surface area contributed by atoms with E-state index in [0.717, 1.165) is 31.1 Å². The molecule has 0 aliphatic carbocycles. The minimum Gasteiger partial charge on any atom is -0.381 e. The zero-order valence-electron chi connectivity index (χ0n) is 10.7. The molecule has 19 heavy (non-hydrogen) atoms. The van der Waals surface area contributed by atoms with Crippen LogP contribution in [0.5, 0.6) is 0 Å². The summed E-state index contributed by atoms with van der Waals surface area (Å²) in [5.74, 6) is 0. The van der Waals surface area contributed by atoms with Crippen molar-refractivity contribution in [2.75, 3.05) is 11.9 Å². The number of anilines is 1. The summed E-state index contributed by atoms with van der Waals surface area (Å²) in [4.78, 5) is 0. The lowest BCUT2D eigenvalue weighted by Crippen LogP contribution is -2.23. The Morgan fingerprint density at radius 1 is 1.05 bits per heavy atom. The van der Waals surface area contributed by atoms with E-state index in [0.29, 0.717) is 0 Å². The second-order valence-electron chi connectivity index (χ2n) is 4.89. The van der Waals surface area contributed by atoms with E-state index in [1.54, 1.807) is 0 Å². The number of benzene rings is 2. The molecule has 0 spiro atoms. The minimum absolute atomic E-state index is 0.782. The number of rotatable bonds is 3. The van der Waals surface area contributed by atoms with Crippen molar-refractivity contribution in [1.82, 2.24) is 5.32 Å². The van der Waals surface area contributed by atoms with Gasteiger partial charge in [0.1, 0.15) is 0 Å². The van der Waals surface area contributed by atoms with E-state index in [4.69, 9.17) is 11.6 Å². The summed E-state index contributed by atoms with van der Waals surface area (Å²) in [7, 11) is 0. The molecule has 2 aromatic rings. The molecule has 3 heteroatoms. The van der Waals surface area contributed by atoms with Gasteiger partial charge in [0, 0.05) is 23.8 Å². The van der Waals surface area contributed by atoms with E-state index >= 15 is 0 Å². The Labute approximate surface area is 118 Å². The van der Waals surface area contributed by atoms with Crippen LogP contribution in [0, 0.1) is 0 Å². The molecule has 1 aliphatic rings. The van der Waals surface area contributed by atoms with Crippen molar-refractivity contribution < 1.29 is 0 Å². The monoisotopic (exact) mass is 272 g/mol. The standard InChI is InChI=1S/C16H17ClN2/c17-15-4-1-12(2-5-15)10-19-16-6-3-14-11-18-8-7-13(14)9-16/h1-6,9,18-19H,7-8,10-11H2. The molecule has 3 rings (SSSR count). The van der Waals surface area contributed by atoms with E-state index in [9.17, 15) is 0 Å². The molecule has 2 N–H and O–H groups in total. The first-order chi connectivity index (χ1) is 9.31. The molecule has 0 aromatic heterocycles. The Balaban J connectivity index is 1.68. The normalized spacial score (nSPS) is 13.9. The summed E-state index contributed by atoms with van der Waals surface area (Å²) in [6.07, 6.45) is 1.12. The summed E-state index contributed by atoms with van der Waals surface area (Å²) < 4.78 is 0. The van der Waals surface area contributed by atoms with Crippen molar-refractivity contribution in [3.63, 3.8) is 0 Å². The van der Waals surface area contributed by atoms with Crippen LogP contribution in [0.1, 0.15) is 16.7 Å². The molecule has 0 amide bonds. The topological polar surface area (TPSA) is 24.1 Å².